The quantitative estimate of drug-likeness (QED) is 0.452. The number of hydrogen-bond donors (Lipinski definition) is 1. The fourth-order valence-corrected chi connectivity index (χ4v) is 1.45. The smallest absolute Gasteiger partial charge is 0.389 e. The lowest BCUT2D eigenvalue weighted by Gasteiger charge is -2.04. The largest absolute Gasteiger partial charge is 0.457 e. The van der Waals surface area contributed by atoms with E-state index in [1.165, 1.54) is 13.1 Å². The van der Waals surface area contributed by atoms with Crippen LogP contribution in [0.3, 0.4) is 0 Å². The van der Waals surface area contributed by atoms with E-state index in [1.807, 2.05) is 0 Å². The van der Waals surface area contributed by atoms with Gasteiger partial charge in [0.05, 0.1) is 17.3 Å². The Hall–Kier alpha value is -2.97. The van der Waals surface area contributed by atoms with Crippen LogP contribution in [0.4, 0.5) is 0 Å². The minimum atomic E-state index is -0.790. The first-order valence-corrected chi connectivity index (χ1v) is 6.01. The van der Waals surface area contributed by atoms with E-state index >= 15 is 0 Å². The molecule has 0 saturated heterocycles. The number of aromatic nitrogens is 3. The first-order chi connectivity index (χ1) is 10.1. The molecule has 0 saturated carbocycles. The highest BCUT2D eigenvalue weighted by Crippen LogP contribution is 2.01. The van der Waals surface area contributed by atoms with Crippen molar-refractivity contribution in [1.82, 2.24) is 15.5 Å². The molecule has 0 aliphatic carbocycles. The minimum Gasteiger partial charge on any atom is -0.457 e. The number of esters is 1. The average Bonchev–Trinajstić information content (AvgIpc) is 2.84. The number of amides is 1. The zero-order chi connectivity index (χ0) is 15.2. The monoisotopic (exact) mass is 292 g/mol. The van der Waals surface area contributed by atoms with Gasteiger partial charge in [0, 0.05) is 19.3 Å². The van der Waals surface area contributed by atoms with Gasteiger partial charge in [-0.3, -0.25) is 14.4 Å². The zero-order valence-electron chi connectivity index (χ0n) is 11.1. The number of ether oxygens (including phenoxy) is 1. The molecule has 0 radical (unpaired) electrons. The molecule has 2 rings (SSSR count). The molecule has 0 aliphatic rings. The summed E-state index contributed by atoms with van der Waals surface area (Å²) in [7, 11) is 0. The van der Waals surface area contributed by atoms with Gasteiger partial charge >= 0.3 is 11.7 Å². The van der Waals surface area contributed by atoms with Crippen molar-refractivity contribution in [1.29, 1.82) is 0 Å². The molecule has 0 fully saturated rings. The molecular formula is C12H12N4O5. The summed E-state index contributed by atoms with van der Waals surface area (Å²) in [5, 5.41) is 16.8. The number of nitrogens with zero attached hydrogens (tertiary/aromatic N) is 3. The highest BCUT2D eigenvalue weighted by atomic mass is 16.8. The zero-order valence-corrected chi connectivity index (χ0v) is 11.1. The van der Waals surface area contributed by atoms with Crippen LogP contribution in [0.15, 0.2) is 29.2 Å². The Kier molecular flexibility index (Phi) is 4.44. The van der Waals surface area contributed by atoms with Gasteiger partial charge in [-0.05, 0) is 17.0 Å². The maximum absolute atomic E-state index is 11.7. The summed E-state index contributed by atoms with van der Waals surface area (Å²) in [4.78, 5) is 27.2. The molecule has 9 heteroatoms. The van der Waals surface area contributed by atoms with Crippen molar-refractivity contribution < 1.29 is 23.9 Å². The lowest BCUT2D eigenvalue weighted by Crippen LogP contribution is -2.29. The molecule has 1 N–H and O–H groups in total. The molecule has 110 valence electrons. The van der Waals surface area contributed by atoms with Crippen molar-refractivity contribution in [3.8, 4) is 0 Å². The van der Waals surface area contributed by atoms with Crippen molar-refractivity contribution >= 4 is 11.9 Å². The summed E-state index contributed by atoms with van der Waals surface area (Å²) in [5.74, 6) is -1.12. The van der Waals surface area contributed by atoms with Crippen LogP contribution >= 0.6 is 0 Å². The summed E-state index contributed by atoms with van der Waals surface area (Å²) < 4.78 is 9.12. The van der Waals surface area contributed by atoms with Gasteiger partial charge in [-0.1, -0.05) is 0 Å². The Bertz CT molecular complexity index is 640. The van der Waals surface area contributed by atoms with E-state index in [-0.39, 0.29) is 35.3 Å². The molecule has 0 aromatic carbocycles. The standard InChI is InChI=1S/C12H12N4O5/c1-8-10(15-21-16(8)19)12(18)20-6-5-14-11(17)9-3-2-4-13-7-9/h2-4,7H,5-6H2,1H3,(H,14,17). The third-order valence-electron chi connectivity index (χ3n) is 2.56. The highest BCUT2D eigenvalue weighted by molar-refractivity contribution is 5.93. The second kappa shape index (κ2) is 6.46. The fraction of sp³-hybridized carbons (Fsp3) is 0.250. The van der Waals surface area contributed by atoms with E-state index < -0.39 is 5.97 Å². The summed E-state index contributed by atoms with van der Waals surface area (Å²) in [6.45, 7) is 1.44. The molecule has 2 aromatic rings. The maximum Gasteiger partial charge on any atom is 0.389 e. The number of nitrogens with one attached hydrogen (secondary N) is 1. The van der Waals surface area contributed by atoms with Crippen LogP contribution in [0.5, 0.6) is 0 Å². The Balaban J connectivity index is 1.76. The first-order valence-electron chi connectivity index (χ1n) is 6.01. The lowest BCUT2D eigenvalue weighted by molar-refractivity contribution is -0.806. The van der Waals surface area contributed by atoms with Crippen LogP contribution in [-0.2, 0) is 4.74 Å². The number of hydrogen-bond acceptors (Lipinski definition) is 7. The number of pyridine rings is 1. The number of carbonyl (C=O) groups excluding carboxylic acids is 2. The Labute approximate surface area is 119 Å². The third-order valence-corrected chi connectivity index (χ3v) is 2.56. The predicted molar refractivity (Wildman–Crippen MR) is 67.1 cm³/mol. The van der Waals surface area contributed by atoms with E-state index in [2.05, 4.69) is 20.1 Å². The Morgan fingerprint density at radius 3 is 2.95 bits per heavy atom. The molecule has 0 unspecified atom stereocenters. The van der Waals surface area contributed by atoms with Gasteiger partial charge in [-0.25, -0.2) is 4.79 Å². The minimum absolute atomic E-state index is 0.0133. The molecule has 2 heterocycles. The summed E-state index contributed by atoms with van der Waals surface area (Å²) >= 11 is 0. The van der Waals surface area contributed by atoms with Crippen molar-refractivity contribution in [2.45, 2.75) is 6.92 Å². The number of rotatable bonds is 5. The van der Waals surface area contributed by atoms with Crippen molar-refractivity contribution in [3.05, 3.63) is 46.7 Å². The van der Waals surface area contributed by atoms with E-state index in [1.54, 1.807) is 18.3 Å². The van der Waals surface area contributed by atoms with Gasteiger partial charge < -0.3 is 15.3 Å². The maximum atomic E-state index is 11.7. The topological polar surface area (TPSA) is 121 Å². The van der Waals surface area contributed by atoms with Gasteiger partial charge in [-0.2, -0.15) is 0 Å². The summed E-state index contributed by atoms with van der Waals surface area (Å²) in [5.41, 5.74) is 0.228. The SMILES string of the molecule is Cc1c(C(=O)OCCNC(=O)c2cccnc2)no[n+]1[O-]. The van der Waals surface area contributed by atoms with Gasteiger partial charge in [0.25, 0.3) is 5.91 Å². The second-order valence-electron chi connectivity index (χ2n) is 4.00. The molecule has 21 heavy (non-hydrogen) atoms. The van der Waals surface area contributed by atoms with Crippen molar-refractivity contribution in [2.24, 2.45) is 0 Å². The summed E-state index contributed by atoms with van der Waals surface area (Å²) in [6, 6.07) is 3.25. The van der Waals surface area contributed by atoms with Gasteiger partial charge in [0.1, 0.15) is 6.61 Å². The molecular weight excluding hydrogens is 280 g/mol. The lowest BCUT2D eigenvalue weighted by atomic mass is 10.3. The Morgan fingerprint density at radius 2 is 2.33 bits per heavy atom. The van der Waals surface area contributed by atoms with Crippen LogP contribution in [-0.4, -0.2) is 35.2 Å². The molecule has 0 bridgehead atoms. The van der Waals surface area contributed by atoms with Crippen molar-refractivity contribution in [3.63, 3.8) is 0 Å². The van der Waals surface area contributed by atoms with E-state index in [0.717, 1.165) is 0 Å². The van der Waals surface area contributed by atoms with E-state index in [9.17, 15) is 14.8 Å². The predicted octanol–water partition coefficient (Wildman–Crippen LogP) is -0.402. The van der Waals surface area contributed by atoms with Crippen LogP contribution in [0.25, 0.3) is 0 Å². The first kappa shape index (κ1) is 14.4. The fourth-order valence-electron chi connectivity index (χ4n) is 1.45. The molecule has 0 spiro atoms. The normalized spacial score (nSPS) is 10.1. The van der Waals surface area contributed by atoms with Crippen molar-refractivity contribution in [2.75, 3.05) is 13.2 Å². The van der Waals surface area contributed by atoms with Crippen LogP contribution in [0.2, 0.25) is 0 Å². The van der Waals surface area contributed by atoms with Crippen LogP contribution in [0, 0.1) is 12.1 Å². The second-order valence-corrected chi connectivity index (χ2v) is 4.00. The molecule has 0 atom stereocenters. The van der Waals surface area contributed by atoms with Crippen LogP contribution < -0.4 is 10.2 Å². The molecule has 9 nitrogen and oxygen atoms in total. The molecule has 2 aromatic heterocycles. The van der Waals surface area contributed by atoms with Crippen LogP contribution in [0.1, 0.15) is 26.5 Å². The average molecular weight is 292 g/mol. The molecule has 1 amide bonds. The van der Waals surface area contributed by atoms with Gasteiger partial charge in [0.15, 0.2) is 0 Å². The number of carbonyl (C=O) groups is 2. The van der Waals surface area contributed by atoms with E-state index in [0.29, 0.717) is 5.56 Å². The Morgan fingerprint density at radius 1 is 1.52 bits per heavy atom. The highest BCUT2D eigenvalue weighted by Gasteiger charge is 2.24. The molecule has 0 aliphatic heterocycles. The summed E-state index contributed by atoms with van der Waals surface area (Å²) in [6.07, 6.45) is 2.98. The van der Waals surface area contributed by atoms with Gasteiger partial charge in [0.2, 0.25) is 5.69 Å². The van der Waals surface area contributed by atoms with Gasteiger partial charge in [-0.15, -0.1) is 0 Å². The van der Waals surface area contributed by atoms with E-state index in [4.69, 9.17) is 4.74 Å². The third kappa shape index (κ3) is 3.53.